The van der Waals surface area contributed by atoms with Crippen LogP contribution in [0.15, 0.2) is 55.9 Å². The normalized spacial score (nSPS) is 16.0. The number of aliphatic hydroxyl groups is 1. The largest absolute Gasteiger partial charge is 0.396 e. The molecule has 7 aromatic heterocycles. The summed E-state index contributed by atoms with van der Waals surface area (Å²) < 4.78 is 10.4. The van der Waals surface area contributed by atoms with Crippen molar-refractivity contribution >= 4 is 99.5 Å². The Kier molecular flexibility index (Phi) is 18.3. The van der Waals surface area contributed by atoms with E-state index in [1.54, 1.807) is 46.9 Å². The lowest BCUT2D eigenvalue weighted by Gasteiger charge is -2.33. The van der Waals surface area contributed by atoms with E-state index in [-0.39, 0.29) is 31.4 Å². The number of methoxy groups -OCH3 is 1. The Morgan fingerprint density at radius 2 is 0.971 bits per heavy atom. The summed E-state index contributed by atoms with van der Waals surface area (Å²) in [6.07, 6.45) is 20.6. The second-order valence-corrected chi connectivity index (χ2v) is 21.1. The third kappa shape index (κ3) is 12.9. The Hall–Kier alpha value is -5.34. The summed E-state index contributed by atoms with van der Waals surface area (Å²) >= 11 is 4.49. The first-order valence-electron chi connectivity index (χ1n) is 23.6. The average Bonchev–Trinajstić information content (AvgIpc) is 4.20. The maximum Gasteiger partial charge on any atom is 0.169 e. The van der Waals surface area contributed by atoms with Crippen LogP contribution in [0.1, 0.15) is 115 Å². The molecule has 0 aliphatic carbocycles. The number of carbonyl (C=O) groups is 3. The van der Waals surface area contributed by atoms with Gasteiger partial charge in [-0.25, -0.2) is 34.9 Å². The number of carbonyl (C=O) groups excluding carboxylic acids is 3. The molecule has 3 fully saturated rings. The van der Waals surface area contributed by atoms with E-state index < -0.39 is 0 Å². The number of aliphatic hydroxyl groups excluding tert-OH is 1. The Morgan fingerprint density at radius 3 is 1.30 bits per heavy atom. The van der Waals surface area contributed by atoms with Crippen LogP contribution < -0.4 is 14.7 Å². The maximum absolute atomic E-state index is 11.7. The van der Waals surface area contributed by atoms with E-state index in [1.807, 2.05) is 36.9 Å². The quantitative estimate of drug-likeness (QED) is 0.101. The van der Waals surface area contributed by atoms with Crippen LogP contribution in [0.3, 0.4) is 0 Å². The molecule has 10 rings (SSSR count). The Bertz CT molecular complexity index is 2770. The van der Waals surface area contributed by atoms with Crippen LogP contribution in [0.5, 0.6) is 0 Å². The number of imidazole rings is 1. The number of rotatable bonds is 14. The van der Waals surface area contributed by atoms with Crippen molar-refractivity contribution in [3.63, 3.8) is 0 Å². The van der Waals surface area contributed by atoms with Gasteiger partial charge in [-0.15, -0.1) is 34.0 Å². The Balaban J connectivity index is 0.000000152. The van der Waals surface area contributed by atoms with Crippen molar-refractivity contribution in [2.24, 2.45) is 17.8 Å². The zero-order chi connectivity index (χ0) is 47.6. The lowest BCUT2D eigenvalue weighted by Crippen LogP contribution is -2.34. The fourth-order valence-corrected chi connectivity index (χ4v) is 12.3. The van der Waals surface area contributed by atoms with E-state index in [9.17, 15) is 14.4 Å². The number of ketones is 3. The molecule has 69 heavy (non-hydrogen) atoms. The summed E-state index contributed by atoms with van der Waals surface area (Å²) in [6.45, 7) is 12.9. The zero-order valence-electron chi connectivity index (χ0n) is 39.4. The number of piperidine rings is 3. The maximum atomic E-state index is 11.7. The molecule has 0 spiro atoms. The van der Waals surface area contributed by atoms with Gasteiger partial charge in [0.2, 0.25) is 0 Å². The van der Waals surface area contributed by atoms with E-state index in [0.717, 1.165) is 153 Å². The number of aryl methyl sites for hydroxylation is 1. The van der Waals surface area contributed by atoms with E-state index in [0.29, 0.717) is 5.92 Å². The molecule has 0 radical (unpaired) electrons. The highest BCUT2D eigenvalue weighted by Crippen LogP contribution is 2.37. The summed E-state index contributed by atoms with van der Waals surface area (Å²) in [7, 11) is 1.76. The molecule has 7 aromatic rings. The molecule has 0 saturated carbocycles. The van der Waals surface area contributed by atoms with Crippen molar-refractivity contribution in [2.45, 2.75) is 92.5 Å². The highest BCUT2D eigenvalue weighted by Gasteiger charge is 2.26. The number of hydrogen-bond donors (Lipinski definition) is 1. The summed E-state index contributed by atoms with van der Waals surface area (Å²) in [5, 5.41) is 9.03. The summed E-state index contributed by atoms with van der Waals surface area (Å²) in [6, 6.07) is 5.61. The molecule has 0 bridgehead atoms. The van der Waals surface area contributed by atoms with Gasteiger partial charge in [0.05, 0.1) is 51.6 Å². The Morgan fingerprint density at radius 1 is 0.594 bits per heavy atom. The van der Waals surface area contributed by atoms with Crippen molar-refractivity contribution < 1.29 is 24.2 Å². The molecule has 3 aliphatic heterocycles. The van der Waals surface area contributed by atoms with Gasteiger partial charge < -0.3 is 29.1 Å². The minimum absolute atomic E-state index is 0. The van der Waals surface area contributed by atoms with Crippen LogP contribution in [0.2, 0.25) is 0 Å². The molecule has 10 heterocycles. The lowest BCUT2D eigenvalue weighted by molar-refractivity contribution is 0.101. The number of ether oxygens (including phenoxy) is 1. The second kappa shape index (κ2) is 24.5. The number of fused-ring (bicyclic) bond motifs is 3. The number of hydrogen-bond acceptors (Lipinski definition) is 18. The van der Waals surface area contributed by atoms with E-state index in [2.05, 4.69) is 54.2 Å². The fraction of sp³-hybridized carbons (Fsp3) is 0.520. The first kappa shape index (κ1) is 51.5. The Labute approximate surface area is 416 Å². The van der Waals surface area contributed by atoms with E-state index in [1.165, 1.54) is 66.1 Å². The first-order chi connectivity index (χ1) is 33.1. The van der Waals surface area contributed by atoms with Gasteiger partial charge in [0.15, 0.2) is 17.3 Å². The lowest BCUT2D eigenvalue weighted by atomic mass is 9.93. The molecule has 3 aliphatic rings. The van der Waals surface area contributed by atoms with Gasteiger partial charge in [-0.05, 0) is 115 Å². The topological polar surface area (TPSA) is 186 Å². The SMILES string of the molecule is C.CC(=O)c1cc2ncnc(N3CCC(CCO)CC3)c2s1.CC(=O)c1cc2ncnc(N3CCC(CCn4ccnc4)CC3)c2s1.COCCC1CCN(c2ncnc3cc(C(C)=O)sc23)CC1. The number of aromatic nitrogens is 8. The molecule has 368 valence electrons. The van der Waals surface area contributed by atoms with Gasteiger partial charge in [-0.1, -0.05) is 7.43 Å². The smallest absolute Gasteiger partial charge is 0.169 e. The molecule has 3 saturated heterocycles. The van der Waals surface area contributed by atoms with Crippen LogP contribution in [-0.4, -0.2) is 122 Å². The number of Topliss-reactive ketones (excluding diaryl/α,β-unsaturated/α-hetero) is 3. The van der Waals surface area contributed by atoms with E-state index >= 15 is 0 Å². The zero-order valence-corrected chi connectivity index (χ0v) is 41.8. The molecular formula is C50H65N11O5S3. The minimum atomic E-state index is 0. The monoisotopic (exact) mass is 995 g/mol. The highest BCUT2D eigenvalue weighted by atomic mass is 32.1. The van der Waals surface area contributed by atoms with Gasteiger partial charge in [-0.3, -0.25) is 14.4 Å². The van der Waals surface area contributed by atoms with Gasteiger partial charge in [0.1, 0.15) is 36.4 Å². The highest BCUT2D eigenvalue weighted by molar-refractivity contribution is 7.22. The minimum Gasteiger partial charge on any atom is -0.396 e. The predicted molar refractivity (Wildman–Crippen MR) is 279 cm³/mol. The molecule has 1 N–H and O–H groups in total. The summed E-state index contributed by atoms with van der Waals surface area (Å²) in [5.74, 6) is 5.25. The van der Waals surface area contributed by atoms with Gasteiger partial charge in [-0.2, -0.15) is 0 Å². The van der Waals surface area contributed by atoms with E-state index in [4.69, 9.17) is 9.84 Å². The van der Waals surface area contributed by atoms with Gasteiger partial charge in [0, 0.05) is 78.5 Å². The molecule has 0 unspecified atom stereocenters. The van der Waals surface area contributed by atoms with Crippen molar-refractivity contribution in [1.82, 2.24) is 39.5 Å². The van der Waals surface area contributed by atoms with Crippen molar-refractivity contribution in [3.8, 4) is 0 Å². The molecule has 0 amide bonds. The van der Waals surface area contributed by atoms with Gasteiger partial charge in [0.25, 0.3) is 0 Å². The number of nitrogens with zero attached hydrogens (tertiary/aromatic N) is 11. The second-order valence-electron chi connectivity index (χ2n) is 17.9. The van der Waals surface area contributed by atoms with Crippen LogP contribution in [0.4, 0.5) is 17.5 Å². The molecule has 19 heteroatoms. The molecule has 0 atom stereocenters. The van der Waals surface area contributed by atoms with Crippen LogP contribution in [-0.2, 0) is 11.3 Å². The third-order valence-electron chi connectivity index (χ3n) is 13.3. The third-order valence-corrected chi connectivity index (χ3v) is 16.9. The molecular weight excluding hydrogens is 931 g/mol. The summed E-state index contributed by atoms with van der Waals surface area (Å²) in [5.41, 5.74) is 2.61. The van der Waals surface area contributed by atoms with Gasteiger partial charge >= 0.3 is 0 Å². The van der Waals surface area contributed by atoms with Crippen LogP contribution in [0.25, 0.3) is 30.6 Å². The number of thiophene rings is 3. The number of anilines is 3. The molecule has 16 nitrogen and oxygen atoms in total. The van der Waals surface area contributed by atoms with Crippen molar-refractivity contribution in [2.75, 3.05) is 74.3 Å². The fourth-order valence-electron chi connectivity index (χ4n) is 9.24. The standard InChI is InChI=1S/C18H21N5OS.C16H21N3O2S.C15H19N3O2S.CH4/c1-13(24)16-10-15-17(25-16)18(21-11-20-15)23-7-3-14(4-8-23)2-6-22-9-5-19-12-22;1-11(20)14-9-13-15(22-14)16(18-10-17-13)19-6-3-12(4-7-19)5-8-21-2;1-10(20)13-8-12-14(21-13)15(17-9-16-12)18-5-2-11(3-6-18)4-7-19;/h5,9-12,14H,2-4,6-8H2,1H3;9-10,12H,3-8H2,1-2H3;8-9,11,19H,2-7H2,1H3;1H4. The first-order valence-corrected chi connectivity index (χ1v) is 26.1. The van der Waals surface area contributed by atoms with Crippen molar-refractivity contribution in [1.29, 1.82) is 0 Å². The average molecular weight is 996 g/mol. The van der Waals surface area contributed by atoms with Crippen LogP contribution >= 0.6 is 34.0 Å². The van der Waals surface area contributed by atoms with Crippen molar-refractivity contribution in [3.05, 3.63) is 70.5 Å². The summed E-state index contributed by atoms with van der Waals surface area (Å²) in [4.78, 5) is 74.4. The predicted octanol–water partition coefficient (Wildman–Crippen LogP) is 9.67. The van der Waals surface area contributed by atoms with Crippen LogP contribution in [0, 0.1) is 17.8 Å². The molecule has 0 aromatic carbocycles.